The molecule has 40 heavy (non-hydrogen) atoms. The van der Waals surface area contributed by atoms with Crippen LogP contribution < -0.4 is 0 Å². The molecule has 0 amide bonds. The van der Waals surface area contributed by atoms with Crippen LogP contribution in [0, 0.1) is 22.7 Å². The summed E-state index contributed by atoms with van der Waals surface area (Å²) in [5.41, 5.74) is 2.47. The zero-order valence-corrected chi connectivity index (χ0v) is 22.2. The van der Waals surface area contributed by atoms with Gasteiger partial charge in [-0.1, -0.05) is 91.0 Å². The van der Waals surface area contributed by atoms with Crippen LogP contribution in [-0.4, -0.2) is 26.9 Å². The van der Waals surface area contributed by atoms with Crippen LogP contribution in [0.5, 0.6) is 0 Å². The minimum absolute atomic E-state index is 0.143. The summed E-state index contributed by atoms with van der Waals surface area (Å²) in [5, 5.41) is 20.6. The highest BCUT2D eigenvalue weighted by molar-refractivity contribution is 5.85. The highest BCUT2D eigenvalue weighted by atomic mass is 15.1. The molecule has 0 aliphatic carbocycles. The van der Waals surface area contributed by atoms with Crippen molar-refractivity contribution in [3.8, 4) is 12.1 Å². The van der Waals surface area contributed by atoms with Gasteiger partial charge < -0.3 is 9.80 Å². The normalized spacial score (nSPS) is 16.6. The Balaban J connectivity index is 0.000000156. The summed E-state index contributed by atoms with van der Waals surface area (Å²) < 4.78 is 0. The van der Waals surface area contributed by atoms with E-state index in [1.165, 1.54) is 21.9 Å². The quantitative estimate of drug-likeness (QED) is 0.285. The number of hydrogen-bond donors (Lipinski definition) is 0. The van der Waals surface area contributed by atoms with E-state index >= 15 is 0 Å². The zero-order valence-electron chi connectivity index (χ0n) is 22.2. The molecule has 1 aromatic heterocycles. The van der Waals surface area contributed by atoms with Crippen LogP contribution in [0.15, 0.2) is 152 Å². The first-order valence-corrected chi connectivity index (χ1v) is 13.1. The maximum absolute atomic E-state index is 9.18. The Labute approximate surface area is 236 Å². The zero-order chi connectivity index (χ0) is 27.8. The van der Waals surface area contributed by atoms with Gasteiger partial charge in [-0.3, -0.25) is 4.98 Å². The number of nitriles is 2. The number of aromatic nitrogens is 1. The minimum atomic E-state index is -0.177. The average molecular weight is 522 g/mol. The third-order valence-electron chi connectivity index (χ3n) is 6.35. The largest absolute Gasteiger partial charge is 0.354 e. The molecular formula is C35H31N5. The fourth-order valence-electron chi connectivity index (χ4n) is 4.34. The summed E-state index contributed by atoms with van der Waals surface area (Å²) in [7, 11) is 0. The van der Waals surface area contributed by atoms with Gasteiger partial charge in [0.15, 0.2) is 0 Å². The van der Waals surface area contributed by atoms with E-state index in [2.05, 4.69) is 70.6 Å². The van der Waals surface area contributed by atoms with Gasteiger partial charge in [-0.05, 0) is 58.3 Å². The van der Waals surface area contributed by atoms with Crippen LogP contribution in [0.25, 0.3) is 10.8 Å². The number of rotatable bonds is 4. The van der Waals surface area contributed by atoms with Crippen molar-refractivity contribution in [2.24, 2.45) is 0 Å². The highest BCUT2D eigenvalue weighted by Gasteiger charge is 2.15. The lowest BCUT2D eigenvalue weighted by atomic mass is 10.0. The monoisotopic (exact) mass is 521 g/mol. The lowest BCUT2D eigenvalue weighted by Crippen LogP contribution is -2.28. The summed E-state index contributed by atoms with van der Waals surface area (Å²) in [5.74, 6) is 0. The predicted molar refractivity (Wildman–Crippen MR) is 161 cm³/mol. The topological polar surface area (TPSA) is 67.0 Å². The van der Waals surface area contributed by atoms with Crippen LogP contribution in [0.4, 0.5) is 0 Å². The van der Waals surface area contributed by atoms with E-state index in [9.17, 15) is 5.26 Å². The Morgan fingerprint density at radius 3 is 1.77 bits per heavy atom. The number of benzene rings is 3. The van der Waals surface area contributed by atoms with E-state index in [-0.39, 0.29) is 12.1 Å². The van der Waals surface area contributed by atoms with Crippen molar-refractivity contribution in [3.63, 3.8) is 0 Å². The molecule has 2 aliphatic rings. The first-order valence-electron chi connectivity index (χ1n) is 13.1. The highest BCUT2D eigenvalue weighted by Crippen LogP contribution is 2.22. The molecule has 0 spiro atoms. The molecule has 6 rings (SSSR count). The Morgan fingerprint density at radius 2 is 1.18 bits per heavy atom. The molecule has 0 saturated heterocycles. The molecule has 0 fully saturated rings. The summed E-state index contributed by atoms with van der Waals surface area (Å²) >= 11 is 0. The van der Waals surface area contributed by atoms with Crippen molar-refractivity contribution in [3.05, 3.63) is 163 Å². The summed E-state index contributed by atoms with van der Waals surface area (Å²) in [6, 6.07) is 34.8. The summed E-state index contributed by atoms with van der Waals surface area (Å²) in [4.78, 5) is 7.87. The molecule has 3 aromatic carbocycles. The second-order valence-electron chi connectivity index (χ2n) is 9.09. The van der Waals surface area contributed by atoms with Crippen molar-refractivity contribution in [1.82, 2.24) is 14.8 Å². The summed E-state index contributed by atoms with van der Waals surface area (Å²) in [6.45, 7) is 1.53. The van der Waals surface area contributed by atoms with E-state index in [0.717, 1.165) is 13.1 Å². The molecule has 0 saturated carbocycles. The summed E-state index contributed by atoms with van der Waals surface area (Å²) in [6.07, 6.45) is 19.0. The van der Waals surface area contributed by atoms with Gasteiger partial charge in [0.25, 0.3) is 0 Å². The SMILES string of the molecule is N#CC1C=CC=CN1Cc1cccc2ccccc12.N#CC1C=CC=CN1Cc1ccccc1.c1ccncc1. The van der Waals surface area contributed by atoms with E-state index in [1.807, 2.05) is 96.2 Å². The lowest BCUT2D eigenvalue weighted by Gasteiger charge is -2.26. The average Bonchev–Trinajstić information content (AvgIpc) is 3.04. The van der Waals surface area contributed by atoms with E-state index in [4.69, 9.17) is 5.26 Å². The smallest absolute Gasteiger partial charge is 0.135 e. The van der Waals surface area contributed by atoms with Gasteiger partial charge in [0.05, 0.1) is 12.1 Å². The van der Waals surface area contributed by atoms with E-state index in [0.29, 0.717) is 0 Å². The second-order valence-corrected chi connectivity index (χ2v) is 9.09. The van der Waals surface area contributed by atoms with Gasteiger partial charge in [0, 0.05) is 37.9 Å². The third kappa shape index (κ3) is 8.05. The molecular weight excluding hydrogens is 490 g/mol. The van der Waals surface area contributed by atoms with Crippen LogP contribution in [0.3, 0.4) is 0 Å². The minimum Gasteiger partial charge on any atom is -0.354 e. The van der Waals surface area contributed by atoms with Crippen molar-refractivity contribution < 1.29 is 0 Å². The van der Waals surface area contributed by atoms with Crippen LogP contribution >= 0.6 is 0 Å². The fourth-order valence-corrected chi connectivity index (χ4v) is 4.34. The predicted octanol–water partition coefficient (Wildman–Crippen LogP) is 7.16. The number of allylic oxidation sites excluding steroid dienone is 4. The number of fused-ring (bicyclic) bond motifs is 1. The van der Waals surface area contributed by atoms with Gasteiger partial charge in [-0.2, -0.15) is 10.5 Å². The maximum atomic E-state index is 9.18. The van der Waals surface area contributed by atoms with Gasteiger partial charge >= 0.3 is 0 Å². The van der Waals surface area contributed by atoms with Gasteiger partial charge in [-0.15, -0.1) is 0 Å². The molecule has 0 N–H and O–H groups in total. The van der Waals surface area contributed by atoms with Crippen LogP contribution in [0.1, 0.15) is 11.1 Å². The molecule has 2 aliphatic heterocycles. The first kappa shape index (κ1) is 27.6. The van der Waals surface area contributed by atoms with Gasteiger partial charge in [-0.25, -0.2) is 0 Å². The van der Waals surface area contributed by atoms with E-state index in [1.54, 1.807) is 12.4 Å². The Hall–Kier alpha value is -5.39. The van der Waals surface area contributed by atoms with Crippen molar-refractivity contribution in [1.29, 1.82) is 10.5 Å². The third-order valence-corrected chi connectivity index (χ3v) is 6.35. The maximum Gasteiger partial charge on any atom is 0.135 e. The molecule has 0 bridgehead atoms. The molecule has 5 heteroatoms. The Bertz CT molecular complexity index is 1510. The fraction of sp³-hybridized carbons (Fsp3) is 0.114. The first-order chi connectivity index (χ1) is 19.8. The van der Waals surface area contributed by atoms with Gasteiger partial charge in [0.1, 0.15) is 12.1 Å². The molecule has 2 unspecified atom stereocenters. The number of nitrogens with zero attached hydrogens (tertiary/aromatic N) is 5. The van der Waals surface area contributed by atoms with Crippen molar-refractivity contribution in [2.75, 3.05) is 0 Å². The molecule has 0 radical (unpaired) electrons. The molecule has 2 atom stereocenters. The lowest BCUT2D eigenvalue weighted by molar-refractivity contribution is 0.354. The molecule has 4 aromatic rings. The Kier molecular flexibility index (Phi) is 10.5. The second kappa shape index (κ2) is 15.1. The molecule has 3 heterocycles. The van der Waals surface area contributed by atoms with Crippen molar-refractivity contribution >= 4 is 10.8 Å². The molecule has 196 valence electrons. The molecule has 5 nitrogen and oxygen atoms in total. The number of pyridine rings is 1. The van der Waals surface area contributed by atoms with Crippen LogP contribution in [0.2, 0.25) is 0 Å². The standard InChI is InChI=1S/C17H14N2.C13H12N2.C5H5N/c18-12-16-9-3-4-11-19(16)13-15-8-5-7-14-6-1-2-10-17(14)15;14-10-13-8-4-5-9-15(13)11-12-6-2-1-3-7-12;1-2-4-6-5-3-1/h1-11,16H,13H2;1-9,13H,11H2;1-5H. The van der Waals surface area contributed by atoms with E-state index < -0.39 is 0 Å². The number of hydrogen-bond acceptors (Lipinski definition) is 5. The Morgan fingerprint density at radius 1 is 0.600 bits per heavy atom. The van der Waals surface area contributed by atoms with Crippen molar-refractivity contribution in [2.45, 2.75) is 25.2 Å². The van der Waals surface area contributed by atoms with Crippen LogP contribution in [-0.2, 0) is 13.1 Å². The van der Waals surface area contributed by atoms with Gasteiger partial charge in [0.2, 0.25) is 0 Å².